The van der Waals surface area contributed by atoms with Gasteiger partial charge in [-0.1, -0.05) is 59.6 Å². The van der Waals surface area contributed by atoms with Gasteiger partial charge in [-0.15, -0.1) is 0 Å². The first-order valence-corrected chi connectivity index (χ1v) is 15.0. The molecule has 0 fully saturated rings. The molecule has 0 spiro atoms. The molecule has 0 aliphatic rings. The molecule has 0 saturated carbocycles. The molecule has 1 unspecified atom stereocenters. The highest BCUT2D eigenvalue weighted by Crippen LogP contribution is 2.26. The summed E-state index contributed by atoms with van der Waals surface area (Å²) in [4.78, 5) is 29.1. The number of carbonyl (C=O) groups is 2. The minimum Gasteiger partial charge on any atom is -0.352 e. The second kappa shape index (κ2) is 14.1. The molecular weight excluding hydrogens is 590 g/mol. The molecule has 1 N–H and O–H groups in total. The van der Waals surface area contributed by atoms with Gasteiger partial charge < -0.3 is 10.2 Å². The summed E-state index contributed by atoms with van der Waals surface area (Å²) < 4.78 is 42.2. The van der Waals surface area contributed by atoms with Crippen LogP contribution in [0.1, 0.15) is 25.0 Å². The van der Waals surface area contributed by atoms with E-state index in [0.29, 0.717) is 10.6 Å². The van der Waals surface area contributed by atoms with Gasteiger partial charge in [0, 0.05) is 43.1 Å². The molecule has 0 aliphatic carbocycles. The monoisotopic (exact) mass is 622 g/mol. The molecule has 12 heteroatoms. The highest BCUT2D eigenvalue weighted by Gasteiger charge is 2.35. The minimum atomic E-state index is -4.19. The third kappa shape index (κ3) is 8.65. The Balaban J connectivity index is 2.12. The number of amides is 2. The largest absolute Gasteiger partial charge is 0.352 e. The number of halogens is 3. The van der Waals surface area contributed by atoms with Crippen LogP contribution < -0.4 is 9.62 Å². The summed E-state index contributed by atoms with van der Waals surface area (Å²) in [6.45, 7) is 2.86. The van der Waals surface area contributed by atoms with Gasteiger partial charge >= 0.3 is 10.2 Å². The second-order valence-electron chi connectivity index (χ2n) is 9.90. The van der Waals surface area contributed by atoms with Crippen molar-refractivity contribution < 1.29 is 22.4 Å². The summed E-state index contributed by atoms with van der Waals surface area (Å²) in [5.74, 6) is -1.63. The lowest BCUT2D eigenvalue weighted by molar-refractivity contribution is -0.140. The maximum atomic E-state index is 14.1. The van der Waals surface area contributed by atoms with Crippen molar-refractivity contribution in [3.63, 3.8) is 0 Å². The van der Waals surface area contributed by atoms with Gasteiger partial charge in [0.15, 0.2) is 0 Å². The minimum absolute atomic E-state index is 0.0872. The van der Waals surface area contributed by atoms with Crippen molar-refractivity contribution >= 4 is 50.9 Å². The first-order valence-electron chi connectivity index (χ1n) is 12.8. The Hall–Kier alpha value is -3.18. The van der Waals surface area contributed by atoms with E-state index in [9.17, 15) is 22.4 Å². The topological polar surface area (TPSA) is 90.0 Å². The molecule has 0 radical (unpaired) electrons. The molecule has 1 atom stereocenters. The SMILES string of the molecule is CC(C)NC(=O)C(Cc1ccccc1)N(Cc1ccc(Cl)cc1Cl)C(=O)CN(c1ccc(F)cc1)S(=O)(=O)N(C)C. The van der Waals surface area contributed by atoms with E-state index in [1.165, 1.54) is 37.2 Å². The summed E-state index contributed by atoms with van der Waals surface area (Å²) in [5.41, 5.74) is 1.40. The standard InChI is InChI=1S/C29H33Cl2FN4O4S/c1-20(2)33-29(38)27(16-21-8-6-5-7-9-21)35(18-22-10-11-23(30)17-26(22)31)28(37)19-36(41(39,40)34(3)4)25-14-12-24(32)13-15-25/h5-15,17,20,27H,16,18-19H2,1-4H3,(H,33,38). The van der Waals surface area contributed by atoms with E-state index in [1.807, 2.05) is 30.3 Å². The summed E-state index contributed by atoms with van der Waals surface area (Å²) >= 11 is 12.6. The Morgan fingerprint density at radius 2 is 1.59 bits per heavy atom. The van der Waals surface area contributed by atoms with Crippen LogP contribution in [-0.4, -0.2) is 62.2 Å². The van der Waals surface area contributed by atoms with Crippen molar-refractivity contribution in [2.75, 3.05) is 24.9 Å². The number of nitrogens with zero attached hydrogens (tertiary/aromatic N) is 3. The molecule has 2 amide bonds. The number of benzene rings is 3. The van der Waals surface area contributed by atoms with E-state index in [1.54, 1.807) is 26.0 Å². The van der Waals surface area contributed by atoms with Crippen molar-refractivity contribution in [3.8, 4) is 0 Å². The van der Waals surface area contributed by atoms with Crippen LogP contribution in [0.5, 0.6) is 0 Å². The zero-order valence-corrected chi connectivity index (χ0v) is 25.5. The van der Waals surface area contributed by atoms with Crippen molar-refractivity contribution in [1.29, 1.82) is 0 Å². The van der Waals surface area contributed by atoms with Crippen LogP contribution in [0, 0.1) is 5.82 Å². The Morgan fingerprint density at radius 1 is 0.951 bits per heavy atom. The lowest BCUT2D eigenvalue weighted by Crippen LogP contribution is -2.55. The molecule has 3 aromatic rings. The second-order valence-corrected chi connectivity index (χ2v) is 12.8. The molecule has 0 aromatic heterocycles. The van der Waals surface area contributed by atoms with Crippen molar-refractivity contribution in [2.24, 2.45) is 0 Å². The zero-order valence-electron chi connectivity index (χ0n) is 23.2. The number of nitrogens with one attached hydrogen (secondary N) is 1. The zero-order chi connectivity index (χ0) is 30.3. The molecule has 0 heterocycles. The van der Waals surface area contributed by atoms with Crippen LogP contribution in [-0.2, 0) is 32.8 Å². The number of anilines is 1. The van der Waals surface area contributed by atoms with Gasteiger partial charge in [-0.2, -0.15) is 12.7 Å². The van der Waals surface area contributed by atoms with E-state index < -0.39 is 40.4 Å². The van der Waals surface area contributed by atoms with Gasteiger partial charge in [0.25, 0.3) is 0 Å². The molecule has 3 aromatic carbocycles. The van der Waals surface area contributed by atoms with Gasteiger partial charge in [0.1, 0.15) is 18.4 Å². The predicted molar refractivity (Wildman–Crippen MR) is 161 cm³/mol. The maximum Gasteiger partial charge on any atom is 0.304 e. The molecule has 0 saturated heterocycles. The normalized spacial score (nSPS) is 12.3. The molecule has 0 bridgehead atoms. The summed E-state index contributed by atoms with van der Waals surface area (Å²) in [5, 5.41) is 3.56. The summed E-state index contributed by atoms with van der Waals surface area (Å²) in [6, 6.07) is 17.5. The molecule has 41 heavy (non-hydrogen) atoms. The molecule has 220 valence electrons. The number of hydrogen-bond donors (Lipinski definition) is 1. The Morgan fingerprint density at radius 3 is 2.15 bits per heavy atom. The third-order valence-corrected chi connectivity index (χ3v) is 8.60. The highest BCUT2D eigenvalue weighted by molar-refractivity contribution is 7.90. The van der Waals surface area contributed by atoms with Crippen LogP contribution in [0.3, 0.4) is 0 Å². The van der Waals surface area contributed by atoms with E-state index in [-0.39, 0.29) is 29.7 Å². The smallest absolute Gasteiger partial charge is 0.304 e. The molecule has 0 aliphatic heterocycles. The van der Waals surface area contributed by atoms with E-state index in [0.717, 1.165) is 26.3 Å². The van der Waals surface area contributed by atoms with Gasteiger partial charge in [-0.3, -0.25) is 9.59 Å². The molecule has 3 rings (SSSR count). The highest BCUT2D eigenvalue weighted by atomic mass is 35.5. The van der Waals surface area contributed by atoms with Gasteiger partial charge in [0.2, 0.25) is 11.8 Å². The average Bonchev–Trinajstić information content (AvgIpc) is 2.90. The Labute approximate surface area is 250 Å². The van der Waals surface area contributed by atoms with Crippen LogP contribution >= 0.6 is 23.2 Å². The molecule has 8 nitrogen and oxygen atoms in total. The predicted octanol–water partition coefficient (Wildman–Crippen LogP) is 4.91. The first kappa shape index (κ1) is 32.3. The maximum absolute atomic E-state index is 14.1. The fourth-order valence-corrected chi connectivity index (χ4v) is 5.62. The van der Waals surface area contributed by atoms with E-state index >= 15 is 0 Å². The summed E-state index contributed by atoms with van der Waals surface area (Å²) in [6.07, 6.45) is 0.160. The fraction of sp³-hybridized carbons (Fsp3) is 0.310. The third-order valence-electron chi connectivity index (χ3n) is 6.19. The van der Waals surface area contributed by atoms with E-state index in [4.69, 9.17) is 23.2 Å². The Bertz CT molecular complexity index is 1460. The van der Waals surface area contributed by atoms with Crippen molar-refractivity contribution in [3.05, 3.63) is 99.8 Å². The first-order chi connectivity index (χ1) is 19.3. The number of carbonyl (C=O) groups excluding carboxylic acids is 2. The fourth-order valence-electron chi connectivity index (χ4n) is 4.09. The van der Waals surface area contributed by atoms with Crippen LogP contribution in [0.4, 0.5) is 10.1 Å². The average molecular weight is 624 g/mol. The molecular formula is C29H33Cl2FN4O4S. The van der Waals surface area contributed by atoms with Gasteiger partial charge in [0.05, 0.1) is 5.69 Å². The number of rotatable bonds is 12. The Kier molecular flexibility index (Phi) is 11.1. The lowest BCUT2D eigenvalue weighted by atomic mass is 10.0. The van der Waals surface area contributed by atoms with Gasteiger partial charge in [-0.25, -0.2) is 8.70 Å². The number of hydrogen-bond acceptors (Lipinski definition) is 4. The van der Waals surface area contributed by atoms with Crippen LogP contribution in [0.25, 0.3) is 0 Å². The van der Waals surface area contributed by atoms with E-state index in [2.05, 4.69) is 5.32 Å². The van der Waals surface area contributed by atoms with Crippen molar-refractivity contribution in [1.82, 2.24) is 14.5 Å². The van der Waals surface area contributed by atoms with Gasteiger partial charge in [-0.05, 0) is 61.4 Å². The quantitative estimate of drug-likeness (QED) is 0.311. The van der Waals surface area contributed by atoms with Crippen LogP contribution in [0.15, 0.2) is 72.8 Å². The van der Waals surface area contributed by atoms with Crippen LogP contribution in [0.2, 0.25) is 10.0 Å². The lowest BCUT2D eigenvalue weighted by Gasteiger charge is -2.35. The van der Waals surface area contributed by atoms with Crippen molar-refractivity contribution in [2.45, 2.75) is 38.9 Å². The summed E-state index contributed by atoms with van der Waals surface area (Å²) in [7, 11) is -1.53.